The number of sulfonamides is 1. The summed E-state index contributed by atoms with van der Waals surface area (Å²) >= 11 is 6.90. The van der Waals surface area contributed by atoms with Crippen LogP contribution in [0.3, 0.4) is 0 Å². The maximum Gasteiger partial charge on any atom is 0.252 e. The summed E-state index contributed by atoms with van der Waals surface area (Å²) in [5, 5.41) is 3.26. The predicted molar refractivity (Wildman–Crippen MR) is 108 cm³/mol. The molecule has 1 aromatic rings. The molecule has 2 aliphatic heterocycles. The number of carbonyl (C=O) groups excluding carboxylic acids is 1. The summed E-state index contributed by atoms with van der Waals surface area (Å²) < 4.78 is 27.3. The third kappa shape index (κ3) is 5.68. The first-order chi connectivity index (χ1) is 11.5. The quantitative estimate of drug-likeness (QED) is 0.718. The number of nitrogens with zero attached hydrogens (tertiary/aromatic N) is 3. The second-order valence-electron chi connectivity index (χ2n) is 5.87. The molecule has 0 aliphatic carbocycles. The van der Waals surface area contributed by atoms with Crippen molar-refractivity contribution in [2.24, 2.45) is 0 Å². The molecule has 3 heterocycles. The van der Waals surface area contributed by atoms with E-state index in [-0.39, 0.29) is 34.9 Å². The lowest BCUT2D eigenvalue weighted by molar-refractivity contribution is -0.133. The summed E-state index contributed by atoms with van der Waals surface area (Å²) in [6.07, 6.45) is 0. The molecule has 7 nitrogen and oxygen atoms in total. The van der Waals surface area contributed by atoms with Gasteiger partial charge in [0.25, 0.3) is 10.0 Å². The predicted octanol–water partition coefficient (Wildman–Crippen LogP) is 0.983. The van der Waals surface area contributed by atoms with Gasteiger partial charge in [-0.25, -0.2) is 8.42 Å². The lowest BCUT2D eigenvalue weighted by Gasteiger charge is -2.35. The fourth-order valence-electron chi connectivity index (χ4n) is 2.90. The van der Waals surface area contributed by atoms with Crippen molar-refractivity contribution in [1.82, 2.24) is 19.4 Å². The zero-order valence-electron chi connectivity index (χ0n) is 14.1. The van der Waals surface area contributed by atoms with Gasteiger partial charge in [0.1, 0.15) is 4.21 Å². The first-order valence-electron chi connectivity index (χ1n) is 7.93. The Morgan fingerprint density at radius 1 is 1.08 bits per heavy atom. The van der Waals surface area contributed by atoms with Crippen LogP contribution in [-0.4, -0.2) is 87.3 Å². The number of hydrogen-bond acceptors (Lipinski definition) is 6. The molecule has 0 aromatic carbocycles. The van der Waals surface area contributed by atoms with Crippen LogP contribution >= 0.6 is 47.8 Å². The molecule has 2 saturated heterocycles. The third-order valence-corrected chi connectivity index (χ3v) is 7.90. The van der Waals surface area contributed by atoms with Gasteiger partial charge in [-0.2, -0.15) is 4.31 Å². The average molecular weight is 466 g/mol. The zero-order valence-corrected chi connectivity index (χ0v) is 18.1. The lowest BCUT2D eigenvalue weighted by Crippen LogP contribution is -2.54. The Morgan fingerprint density at radius 2 is 1.69 bits per heavy atom. The topological polar surface area (TPSA) is 73.0 Å². The molecule has 0 bridgehead atoms. The van der Waals surface area contributed by atoms with Gasteiger partial charge >= 0.3 is 0 Å². The largest absolute Gasteiger partial charge is 0.339 e. The molecule has 1 aromatic heterocycles. The van der Waals surface area contributed by atoms with E-state index in [2.05, 4.69) is 10.2 Å². The van der Waals surface area contributed by atoms with Crippen LogP contribution in [0.25, 0.3) is 0 Å². The molecular formula is C14H23Cl3N4O3S2. The van der Waals surface area contributed by atoms with Gasteiger partial charge in [-0.15, -0.1) is 36.2 Å². The number of amides is 1. The van der Waals surface area contributed by atoms with Crippen molar-refractivity contribution in [2.45, 2.75) is 4.21 Å². The number of carbonyl (C=O) groups is 1. The van der Waals surface area contributed by atoms with Crippen molar-refractivity contribution in [1.29, 1.82) is 0 Å². The summed E-state index contributed by atoms with van der Waals surface area (Å²) in [5.41, 5.74) is 0. The first-order valence-corrected chi connectivity index (χ1v) is 10.6. The fraction of sp³-hybridized carbons (Fsp3) is 0.643. The van der Waals surface area contributed by atoms with E-state index in [0.29, 0.717) is 37.1 Å². The maximum absolute atomic E-state index is 12.6. The number of halogens is 3. The van der Waals surface area contributed by atoms with E-state index in [1.54, 1.807) is 11.0 Å². The van der Waals surface area contributed by atoms with Crippen molar-refractivity contribution < 1.29 is 13.2 Å². The van der Waals surface area contributed by atoms with Crippen LogP contribution < -0.4 is 5.32 Å². The molecule has 0 atom stereocenters. The highest BCUT2D eigenvalue weighted by Gasteiger charge is 2.31. The molecule has 150 valence electrons. The van der Waals surface area contributed by atoms with E-state index in [9.17, 15) is 13.2 Å². The summed E-state index contributed by atoms with van der Waals surface area (Å²) in [6.45, 7) is 5.49. The maximum atomic E-state index is 12.6. The second-order valence-corrected chi connectivity index (χ2v) is 9.75. The molecule has 0 spiro atoms. The average Bonchev–Trinajstić information content (AvgIpc) is 3.03. The Morgan fingerprint density at radius 3 is 2.23 bits per heavy atom. The minimum absolute atomic E-state index is 0. The number of nitrogens with one attached hydrogen (secondary N) is 1. The monoisotopic (exact) mass is 464 g/mol. The Bertz CT molecular complexity index is 687. The van der Waals surface area contributed by atoms with Crippen molar-refractivity contribution in [2.75, 3.05) is 58.9 Å². The van der Waals surface area contributed by atoms with Crippen LogP contribution in [0.5, 0.6) is 0 Å². The molecule has 0 unspecified atom stereocenters. The summed E-state index contributed by atoms with van der Waals surface area (Å²) in [4.78, 5) is 16.3. The first kappa shape index (κ1) is 23.9. The Labute approximate surface area is 175 Å². The van der Waals surface area contributed by atoms with E-state index >= 15 is 0 Å². The highest BCUT2D eigenvalue weighted by atomic mass is 35.5. The number of thiophene rings is 1. The zero-order chi connectivity index (χ0) is 17.2. The van der Waals surface area contributed by atoms with Crippen molar-refractivity contribution >= 4 is 63.7 Å². The van der Waals surface area contributed by atoms with Crippen molar-refractivity contribution in [3.05, 3.63) is 16.5 Å². The Balaban J connectivity index is 0.00000169. The van der Waals surface area contributed by atoms with E-state index in [1.807, 2.05) is 0 Å². The van der Waals surface area contributed by atoms with Crippen LogP contribution in [0.1, 0.15) is 0 Å². The van der Waals surface area contributed by atoms with Gasteiger partial charge in [-0.3, -0.25) is 9.69 Å². The third-order valence-electron chi connectivity index (χ3n) is 4.30. The van der Waals surface area contributed by atoms with Gasteiger partial charge in [-0.1, -0.05) is 11.6 Å². The lowest BCUT2D eigenvalue weighted by atomic mass is 10.3. The smallest absolute Gasteiger partial charge is 0.252 e. The van der Waals surface area contributed by atoms with Crippen LogP contribution in [0.2, 0.25) is 4.34 Å². The van der Waals surface area contributed by atoms with Gasteiger partial charge < -0.3 is 10.2 Å². The molecular weight excluding hydrogens is 443 g/mol. The highest BCUT2D eigenvalue weighted by molar-refractivity contribution is 7.91. The molecule has 12 heteroatoms. The SMILES string of the molecule is Cl.Cl.O=C(CN1CCNCC1)N1CCN(S(=O)(=O)c2ccc(Cl)s2)CC1. The molecule has 1 N–H and O–H groups in total. The van der Waals surface area contributed by atoms with Gasteiger partial charge in [0.2, 0.25) is 5.91 Å². The van der Waals surface area contributed by atoms with E-state index in [4.69, 9.17) is 11.6 Å². The second kappa shape index (κ2) is 10.4. The van der Waals surface area contributed by atoms with Gasteiger partial charge in [-0.05, 0) is 12.1 Å². The van der Waals surface area contributed by atoms with Crippen molar-refractivity contribution in [3.8, 4) is 0 Å². The van der Waals surface area contributed by atoms with Crippen LogP contribution in [0, 0.1) is 0 Å². The molecule has 0 saturated carbocycles. The van der Waals surface area contributed by atoms with Gasteiger partial charge in [0.15, 0.2) is 0 Å². The number of piperazine rings is 2. The highest BCUT2D eigenvalue weighted by Crippen LogP contribution is 2.28. The number of hydrogen-bond donors (Lipinski definition) is 1. The molecule has 2 fully saturated rings. The van der Waals surface area contributed by atoms with Crippen molar-refractivity contribution in [3.63, 3.8) is 0 Å². The Hall–Kier alpha value is -0.130. The normalized spacial score (nSPS) is 19.5. The van der Waals surface area contributed by atoms with E-state index < -0.39 is 10.0 Å². The molecule has 26 heavy (non-hydrogen) atoms. The molecule has 0 radical (unpaired) electrons. The molecule has 1 amide bonds. The van der Waals surface area contributed by atoms with Gasteiger partial charge in [0.05, 0.1) is 10.9 Å². The number of rotatable bonds is 4. The molecule has 3 rings (SSSR count). The fourth-order valence-corrected chi connectivity index (χ4v) is 5.96. The minimum Gasteiger partial charge on any atom is -0.339 e. The van der Waals surface area contributed by atoms with Crippen LogP contribution in [-0.2, 0) is 14.8 Å². The standard InChI is InChI=1S/C14H21ClN4O3S2.2ClH/c15-12-1-2-14(23-12)24(21,22)19-9-7-18(8-10-19)13(20)11-17-5-3-16-4-6-17;;/h1-2,16H,3-11H2;2*1H. The van der Waals surface area contributed by atoms with Crippen LogP contribution in [0.15, 0.2) is 16.3 Å². The minimum atomic E-state index is -3.51. The summed E-state index contributed by atoms with van der Waals surface area (Å²) in [6, 6.07) is 3.12. The summed E-state index contributed by atoms with van der Waals surface area (Å²) in [5.74, 6) is 0.0770. The van der Waals surface area contributed by atoms with E-state index in [1.165, 1.54) is 10.4 Å². The summed E-state index contributed by atoms with van der Waals surface area (Å²) in [7, 11) is -3.51. The van der Waals surface area contributed by atoms with Gasteiger partial charge in [0, 0.05) is 52.4 Å². The van der Waals surface area contributed by atoms with E-state index in [0.717, 1.165) is 37.5 Å². The van der Waals surface area contributed by atoms with Crippen LogP contribution in [0.4, 0.5) is 0 Å². The molecule has 2 aliphatic rings. The Kier molecular flexibility index (Phi) is 9.59.